The number of hydrazine groups is 1. The maximum Gasteiger partial charge on any atom is 0.435 e. The molecule has 3 N–H and O–H groups in total. The van der Waals surface area contributed by atoms with Gasteiger partial charge >= 0.3 is 6.18 Å². The van der Waals surface area contributed by atoms with Gasteiger partial charge in [-0.05, 0) is 42.5 Å². The summed E-state index contributed by atoms with van der Waals surface area (Å²) in [5, 5.41) is 16.2. The molecule has 1 unspecified atom stereocenters. The molecule has 0 bridgehead atoms. The van der Waals surface area contributed by atoms with E-state index in [4.69, 9.17) is 4.98 Å². The summed E-state index contributed by atoms with van der Waals surface area (Å²) in [5.74, 6) is 0.378. The highest BCUT2D eigenvalue weighted by molar-refractivity contribution is 7.09. The lowest BCUT2D eigenvalue weighted by atomic mass is 9.98. The van der Waals surface area contributed by atoms with Gasteiger partial charge in [-0.25, -0.2) is 9.67 Å². The number of hydrogen-bond donors (Lipinski definition) is 3. The van der Waals surface area contributed by atoms with Crippen molar-refractivity contribution in [3.8, 4) is 0 Å². The molecule has 1 atom stereocenters. The Labute approximate surface area is 230 Å². The largest absolute Gasteiger partial charge is 0.435 e. The first-order valence-corrected chi connectivity index (χ1v) is 14.0. The quantitative estimate of drug-likeness (QED) is 0.369. The van der Waals surface area contributed by atoms with Crippen LogP contribution in [-0.2, 0) is 25.8 Å². The van der Waals surface area contributed by atoms with E-state index in [0.717, 1.165) is 62.3 Å². The summed E-state index contributed by atoms with van der Waals surface area (Å²) in [4.78, 5) is 7.15. The van der Waals surface area contributed by atoms with Gasteiger partial charge in [-0.3, -0.25) is 21.1 Å². The van der Waals surface area contributed by atoms with Crippen LogP contribution in [0.5, 0.6) is 0 Å². The molecule has 2 aliphatic rings. The average molecular weight is 561 g/mol. The minimum atomic E-state index is -4.44. The number of piperidine rings is 1. The smallest absolute Gasteiger partial charge is 0.376 e. The normalized spacial score (nSPS) is 19.2. The van der Waals surface area contributed by atoms with Crippen LogP contribution in [-0.4, -0.2) is 51.9 Å². The van der Waals surface area contributed by atoms with E-state index in [9.17, 15) is 13.2 Å². The Hall–Kier alpha value is -2.77. The number of halogens is 3. The molecule has 12 heteroatoms. The number of aromatic nitrogens is 3. The van der Waals surface area contributed by atoms with Gasteiger partial charge in [0.15, 0.2) is 5.69 Å². The monoisotopic (exact) mass is 560 g/mol. The number of hydrogen-bond acceptors (Lipinski definition) is 8. The van der Waals surface area contributed by atoms with Crippen LogP contribution in [0, 0.1) is 6.92 Å². The fourth-order valence-corrected chi connectivity index (χ4v) is 6.05. The first kappa shape index (κ1) is 27.8. The molecular weight excluding hydrogens is 525 g/mol. The van der Waals surface area contributed by atoms with Crippen molar-refractivity contribution >= 4 is 17.5 Å². The molecule has 2 aromatic heterocycles. The molecule has 0 radical (unpaired) electrons. The highest BCUT2D eigenvalue weighted by Crippen LogP contribution is 2.32. The Kier molecular flexibility index (Phi) is 8.38. The first-order chi connectivity index (χ1) is 18.7. The molecule has 3 aromatic rings. The molecule has 4 heterocycles. The number of thiazole rings is 1. The summed E-state index contributed by atoms with van der Waals surface area (Å²) in [7, 11) is 3.99. The number of benzene rings is 1. The van der Waals surface area contributed by atoms with Crippen LogP contribution in [0.3, 0.4) is 0 Å². The van der Waals surface area contributed by atoms with Crippen molar-refractivity contribution in [1.29, 1.82) is 0 Å². The van der Waals surface area contributed by atoms with E-state index < -0.39 is 11.9 Å². The average Bonchev–Trinajstić information content (AvgIpc) is 3.48. The maximum atomic E-state index is 12.9. The second-order valence-electron chi connectivity index (χ2n) is 10.3. The van der Waals surface area contributed by atoms with E-state index in [-0.39, 0.29) is 6.17 Å². The Morgan fingerprint density at radius 3 is 2.64 bits per heavy atom. The second-order valence-corrected chi connectivity index (χ2v) is 11.2. The van der Waals surface area contributed by atoms with Gasteiger partial charge in [0.2, 0.25) is 0 Å². The molecule has 8 nitrogen and oxygen atoms in total. The molecule has 1 saturated heterocycles. The molecular formula is C27H35F3N8S. The standard InChI is InChI=1S/C27H35F3N8S/c1-18-13-24(27(28,29)30)35-38(18)12-11-37-9-7-19(8-10-37)26-34-23(17-39-26)25-31-14-20-5-4-6-21(15-33-36(2)3)22(20)16-32-25/h4-6,11-13,17,19,25,31-33H,7-10,14-16H2,1-3H3. The molecule has 0 aliphatic carbocycles. The van der Waals surface area contributed by atoms with Crippen molar-refractivity contribution in [2.24, 2.45) is 0 Å². The van der Waals surface area contributed by atoms with Gasteiger partial charge in [0, 0.05) is 76.2 Å². The third kappa shape index (κ3) is 6.69. The van der Waals surface area contributed by atoms with Crippen LogP contribution < -0.4 is 16.1 Å². The van der Waals surface area contributed by atoms with E-state index in [1.54, 1.807) is 24.5 Å². The van der Waals surface area contributed by atoms with Crippen molar-refractivity contribution < 1.29 is 13.2 Å². The summed E-state index contributed by atoms with van der Waals surface area (Å²) >= 11 is 1.71. The van der Waals surface area contributed by atoms with Gasteiger partial charge in [-0.2, -0.15) is 18.3 Å². The molecule has 210 valence electrons. The lowest BCUT2D eigenvalue weighted by Gasteiger charge is -2.30. The van der Waals surface area contributed by atoms with Crippen molar-refractivity contribution in [3.05, 3.63) is 74.6 Å². The van der Waals surface area contributed by atoms with Crippen LogP contribution in [0.2, 0.25) is 0 Å². The molecule has 39 heavy (non-hydrogen) atoms. The van der Waals surface area contributed by atoms with Crippen molar-refractivity contribution in [3.63, 3.8) is 0 Å². The topological polar surface area (TPSA) is 73.3 Å². The second kappa shape index (κ2) is 11.8. The van der Waals surface area contributed by atoms with Crippen molar-refractivity contribution in [2.75, 3.05) is 27.2 Å². The summed E-state index contributed by atoms with van der Waals surface area (Å²) in [5.41, 5.74) is 7.90. The zero-order valence-electron chi connectivity index (χ0n) is 22.4. The number of aryl methyl sites for hydroxylation is 1. The van der Waals surface area contributed by atoms with Crippen LogP contribution >= 0.6 is 11.3 Å². The zero-order valence-corrected chi connectivity index (χ0v) is 23.2. The molecule has 1 fully saturated rings. The summed E-state index contributed by atoms with van der Waals surface area (Å²) in [6, 6.07) is 7.54. The predicted octanol–water partition coefficient (Wildman–Crippen LogP) is 4.43. The minimum absolute atomic E-state index is 0.0148. The van der Waals surface area contributed by atoms with Gasteiger partial charge in [-0.15, -0.1) is 11.3 Å². The Morgan fingerprint density at radius 1 is 1.15 bits per heavy atom. The van der Waals surface area contributed by atoms with E-state index >= 15 is 0 Å². The Balaban J connectivity index is 1.16. The van der Waals surface area contributed by atoms with Crippen LogP contribution in [0.1, 0.15) is 63.7 Å². The SMILES string of the molecule is Cc1cc(C(F)(F)F)nn1C=CN1CCC(c2nc(C3NCc4cccc(CNN(C)C)c4CN3)cs2)CC1. The van der Waals surface area contributed by atoms with E-state index in [1.165, 1.54) is 21.4 Å². The number of nitrogens with zero attached hydrogens (tertiary/aromatic N) is 5. The van der Waals surface area contributed by atoms with Crippen molar-refractivity contribution in [2.45, 2.75) is 57.7 Å². The Morgan fingerprint density at radius 2 is 1.92 bits per heavy atom. The molecule has 0 amide bonds. The maximum absolute atomic E-state index is 12.9. The number of fused-ring (bicyclic) bond motifs is 1. The highest BCUT2D eigenvalue weighted by Gasteiger charge is 2.34. The first-order valence-electron chi connectivity index (χ1n) is 13.2. The number of nitrogens with one attached hydrogen (secondary N) is 3. The third-order valence-electron chi connectivity index (χ3n) is 7.28. The number of likely N-dealkylation sites (tertiary alicyclic amines) is 1. The van der Waals surface area contributed by atoms with Gasteiger partial charge in [0.1, 0.15) is 6.17 Å². The van der Waals surface area contributed by atoms with E-state index in [2.05, 4.69) is 49.6 Å². The summed E-state index contributed by atoms with van der Waals surface area (Å²) < 4.78 is 40.1. The van der Waals surface area contributed by atoms with Crippen LogP contribution in [0.15, 0.2) is 35.8 Å². The minimum Gasteiger partial charge on any atom is -0.376 e. The van der Waals surface area contributed by atoms with Crippen LogP contribution in [0.25, 0.3) is 6.20 Å². The molecule has 0 spiro atoms. The highest BCUT2D eigenvalue weighted by atomic mass is 32.1. The summed E-state index contributed by atoms with van der Waals surface area (Å²) in [6.07, 6.45) is 0.884. The number of alkyl halides is 3. The molecule has 0 saturated carbocycles. The lowest BCUT2D eigenvalue weighted by Crippen LogP contribution is -2.32. The molecule has 5 rings (SSSR count). The molecule has 2 aliphatic heterocycles. The van der Waals surface area contributed by atoms with Crippen molar-refractivity contribution in [1.82, 2.24) is 40.7 Å². The fraction of sp³-hybridized carbons (Fsp3) is 0.481. The van der Waals surface area contributed by atoms with Gasteiger partial charge in [-0.1, -0.05) is 18.2 Å². The fourth-order valence-electron chi connectivity index (χ4n) is 5.04. The third-order valence-corrected chi connectivity index (χ3v) is 8.31. The van der Waals surface area contributed by atoms with Gasteiger partial charge < -0.3 is 4.90 Å². The van der Waals surface area contributed by atoms with Crippen LogP contribution in [0.4, 0.5) is 13.2 Å². The lowest BCUT2D eigenvalue weighted by molar-refractivity contribution is -0.141. The van der Waals surface area contributed by atoms with Gasteiger partial charge in [0.05, 0.1) is 10.7 Å². The van der Waals surface area contributed by atoms with E-state index in [0.29, 0.717) is 11.6 Å². The van der Waals surface area contributed by atoms with Gasteiger partial charge in [0.25, 0.3) is 0 Å². The molecule has 1 aromatic carbocycles. The predicted molar refractivity (Wildman–Crippen MR) is 146 cm³/mol. The summed E-state index contributed by atoms with van der Waals surface area (Å²) in [6.45, 7) is 5.60. The Bertz CT molecular complexity index is 1290. The zero-order chi connectivity index (χ0) is 27.6. The number of rotatable bonds is 7. The van der Waals surface area contributed by atoms with E-state index in [1.807, 2.05) is 25.3 Å².